The second kappa shape index (κ2) is 6.36. The number of anilines is 4. The first-order valence-corrected chi connectivity index (χ1v) is 7.27. The molecule has 2 aromatic carbocycles. The summed E-state index contributed by atoms with van der Waals surface area (Å²) in [6.45, 7) is 0. The molecule has 3 aromatic rings. The Morgan fingerprint density at radius 1 is 0.760 bits per heavy atom. The number of nitrogens with zero attached hydrogens (tertiary/aromatic N) is 1. The molecule has 0 saturated heterocycles. The number of hydrogen-bond acceptors (Lipinski definition) is 8. The summed E-state index contributed by atoms with van der Waals surface area (Å²) in [4.78, 5) is 4.08. The van der Waals surface area contributed by atoms with Crippen LogP contribution in [-0.2, 0) is 0 Å². The molecule has 25 heavy (non-hydrogen) atoms. The van der Waals surface area contributed by atoms with Crippen LogP contribution < -0.4 is 32.4 Å². The van der Waals surface area contributed by atoms with Crippen molar-refractivity contribution in [2.24, 2.45) is 0 Å². The molecule has 8 nitrogen and oxygen atoms in total. The lowest BCUT2D eigenvalue weighted by Gasteiger charge is -2.14. The van der Waals surface area contributed by atoms with Crippen LogP contribution in [0, 0.1) is 0 Å². The van der Waals surface area contributed by atoms with Gasteiger partial charge in [0.05, 0.1) is 11.4 Å². The predicted molar refractivity (Wildman–Crippen MR) is 96.6 cm³/mol. The molecular formula is C17H17N5O3. The van der Waals surface area contributed by atoms with Crippen LogP contribution in [0.3, 0.4) is 0 Å². The van der Waals surface area contributed by atoms with E-state index >= 15 is 0 Å². The predicted octanol–water partition coefficient (Wildman–Crippen LogP) is 2.70. The molecule has 128 valence electrons. The van der Waals surface area contributed by atoms with E-state index in [1.807, 2.05) is 0 Å². The Hall–Kier alpha value is -3.81. The van der Waals surface area contributed by atoms with Gasteiger partial charge in [-0.25, -0.2) is 4.98 Å². The molecule has 0 radical (unpaired) electrons. The molecule has 1 heterocycles. The van der Waals surface area contributed by atoms with Crippen molar-refractivity contribution < 1.29 is 14.6 Å². The van der Waals surface area contributed by atoms with Crippen molar-refractivity contribution in [1.29, 1.82) is 0 Å². The molecule has 3 rings (SSSR count). The summed E-state index contributed by atoms with van der Waals surface area (Å²) in [7, 11) is 0. The van der Waals surface area contributed by atoms with Gasteiger partial charge in [0.15, 0.2) is 17.2 Å². The Morgan fingerprint density at radius 2 is 1.32 bits per heavy atom. The minimum atomic E-state index is -0.171. The number of pyridine rings is 1. The van der Waals surface area contributed by atoms with Crippen LogP contribution in [0.5, 0.6) is 28.9 Å². The Balaban J connectivity index is 1.97. The number of aromatic hydroxyl groups is 1. The molecule has 8 heteroatoms. The molecule has 0 spiro atoms. The van der Waals surface area contributed by atoms with E-state index in [1.54, 1.807) is 36.4 Å². The van der Waals surface area contributed by atoms with E-state index in [0.29, 0.717) is 34.2 Å². The van der Waals surface area contributed by atoms with Gasteiger partial charge in [-0.3, -0.25) is 0 Å². The summed E-state index contributed by atoms with van der Waals surface area (Å²) in [5.41, 5.74) is 24.7. The van der Waals surface area contributed by atoms with Gasteiger partial charge >= 0.3 is 0 Å². The monoisotopic (exact) mass is 339 g/mol. The van der Waals surface area contributed by atoms with Gasteiger partial charge in [-0.15, -0.1) is 0 Å². The first-order chi connectivity index (χ1) is 11.9. The molecule has 9 N–H and O–H groups in total. The Morgan fingerprint density at radius 3 is 1.88 bits per heavy atom. The van der Waals surface area contributed by atoms with Gasteiger partial charge in [0.1, 0.15) is 0 Å². The minimum absolute atomic E-state index is 0.00445. The van der Waals surface area contributed by atoms with Crippen LogP contribution in [0.15, 0.2) is 48.7 Å². The first-order valence-electron chi connectivity index (χ1n) is 7.27. The minimum Gasteiger partial charge on any atom is -0.504 e. The Labute approximate surface area is 143 Å². The normalized spacial score (nSPS) is 10.4. The molecule has 0 bridgehead atoms. The zero-order valence-electron chi connectivity index (χ0n) is 13.1. The lowest BCUT2D eigenvalue weighted by Crippen LogP contribution is -1.99. The largest absolute Gasteiger partial charge is 0.504 e. The second-order valence-electron chi connectivity index (χ2n) is 5.26. The fraction of sp³-hybridized carbons (Fsp3) is 0. The van der Waals surface area contributed by atoms with Crippen molar-refractivity contribution in [1.82, 2.24) is 4.98 Å². The molecule has 0 saturated carbocycles. The van der Waals surface area contributed by atoms with Crippen molar-refractivity contribution in [2.75, 3.05) is 22.9 Å². The topological polar surface area (TPSA) is 156 Å². The quantitative estimate of drug-likeness (QED) is 0.454. The summed E-state index contributed by atoms with van der Waals surface area (Å²) >= 11 is 0. The van der Waals surface area contributed by atoms with Crippen molar-refractivity contribution in [3.05, 3.63) is 48.7 Å². The van der Waals surface area contributed by atoms with Crippen LogP contribution in [0.2, 0.25) is 0 Å². The summed E-state index contributed by atoms with van der Waals surface area (Å²) in [6, 6.07) is 10.9. The van der Waals surface area contributed by atoms with Crippen LogP contribution >= 0.6 is 0 Å². The highest BCUT2D eigenvalue weighted by Gasteiger charge is 2.17. The number of hydrogen-bond donors (Lipinski definition) is 5. The molecule has 0 atom stereocenters. The number of aromatic nitrogens is 1. The van der Waals surface area contributed by atoms with Gasteiger partial charge in [0, 0.05) is 23.6 Å². The number of benzene rings is 2. The maximum Gasteiger partial charge on any atom is 0.267 e. The van der Waals surface area contributed by atoms with Crippen LogP contribution in [-0.4, -0.2) is 10.1 Å². The van der Waals surface area contributed by atoms with Gasteiger partial charge in [-0.2, -0.15) is 0 Å². The molecule has 0 unspecified atom stereocenters. The number of nitrogen functional groups attached to an aromatic ring is 4. The molecule has 0 aliphatic heterocycles. The van der Waals surface area contributed by atoms with Gasteiger partial charge < -0.3 is 37.5 Å². The van der Waals surface area contributed by atoms with Crippen LogP contribution in [0.1, 0.15) is 0 Å². The Bertz CT molecular complexity index is 930. The van der Waals surface area contributed by atoms with E-state index < -0.39 is 0 Å². The zero-order valence-corrected chi connectivity index (χ0v) is 13.1. The summed E-state index contributed by atoms with van der Waals surface area (Å²) in [5.74, 6) is 0.466. The average molecular weight is 339 g/mol. The molecular weight excluding hydrogens is 322 g/mol. The maximum absolute atomic E-state index is 10.1. The van der Waals surface area contributed by atoms with Crippen molar-refractivity contribution in [2.45, 2.75) is 0 Å². The maximum atomic E-state index is 10.1. The SMILES string of the molecule is Nc1ccc(Oc2nccc(O)c2Oc2ccc(N)cc2N)c(N)c1. The lowest BCUT2D eigenvalue weighted by molar-refractivity contribution is 0.373. The highest BCUT2D eigenvalue weighted by atomic mass is 16.5. The number of nitrogens with two attached hydrogens (primary N) is 4. The second-order valence-corrected chi connectivity index (χ2v) is 5.26. The van der Waals surface area contributed by atoms with E-state index in [9.17, 15) is 5.11 Å². The third-order valence-corrected chi connectivity index (χ3v) is 3.34. The molecule has 1 aromatic heterocycles. The van der Waals surface area contributed by atoms with Gasteiger partial charge in [-0.1, -0.05) is 0 Å². The van der Waals surface area contributed by atoms with Crippen molar-refractivity contribution in [3.8, 4) is 28.9 Å². The smallest absolute Gasteiger partial charge is 0.267 e. The third kappa shape index (κ3) is 3.42. The van der Waals surface area contributed by atoms with E-state index in [1.165, 1.54) is 12.3 Å². The number of rotatable bonds is 4. The summed E-state index contributed by atoms with van der Waals surface area (Å²) < 4.78 is 11.3. The highest BCUT2D eigenvalue weighted by molar-refractivity contribution is 5.64. The van der Waals surface area contributed by atoms with Gasteiger partial charge in [0.25, 0.3) is 5.88 Å². The zero-order chi connectivity index (χ0) is 18.0. The standard InChI is InChI=1S/C17H17N5O3/c18-9-1-3-14(11(20)7-9)24-16-13(23)5-6-22-17(16)25-15-4-2-10(19)8-12(15)21/h1-8H,18-21H2,(H,22,23). The third-order valence-electron chi connectivity index (χ3n) is 3.34. The van der Waals surface area contributed by atoms with E-state index in [-0.39, 0.29) is 17.4 Å². The summed E-state index contributed by atoms with van der Waals surface area (Å²) in [5, 5.41) is 10.1. The van der Waals surface area contributed by atoms with Crippen LogP contribution in [0.4, 0.5) is 22.7 Å². The molecule has 0 fully saturated rings. The van der Waals surface area contributed by atoms with E-state index in [0.717, 1.165) is 0 Å². The fourth-order valence-corrected chi connectivity index (χ4v) is 2.12. The first kappa shape index (κ1) is 16.1. The fourth-order valence-electron chi connectivity index (χ4n) is 2.12. The molecule has 0 aliphatic rings. The number of ether oxygens (including phenoxy) is 2. The Kier molecular flexibility index (Phi) is 4.09. The highest BCUT2D eigenvalue weighted by Crippen LogP contribution is 2.42. The van der Waals surface area contributed by atoms with E-state index in [4.69, 9.17) is 32.4 Å². The van der Waals surface area contributed by atoms with Gasteiger partial charge in [0.2, 0.25) is 5.75 Å². The lowest BCUT2D eigenvalue weighted by atomic mass is 10.2. The van der Waals surface area contributed by atoms with Crippen LogP contribution in [0.25, 0.3) is 0 Å². The van der Waals surface area contributed by atoms with Crippen molar-refractivity contribution >= 4 is 22.7 Å². The average Bonchev–Trinajstić information content (AvgIpc) is 2.55. The van der Waals surface area contributed by atoms with Crippen molar-refractivity contribution in [3.63, 3.8) is 0 Å². The van der Waals surface area contributed by atoms with E-state index in [2.05, 4.69) is 4.98 Å². The molecule has 0 amide bonds. The summed E-state index contributed by atoms with van der Waals surface area (Å²) in [6.07, 6.45) is 1.37. The van der Waals surface area contributed by atoms with Gasteiger partial charge in [-0.05, 0) is 36.4 Å². The molecule has 0 aliphatic carbocycles.